The average molecular weight is 308 g/mol. The third-order valence-electron chi connectivity index (χ3n) is 2.93. The number of pyridine rings is 1. The molecule has 0 fully saturated rings. The van der Waals surface area contributed by atoms with Crippen molar-refractivity contribution in [2.75, 3.05) is 0 Å². The van der Waals surface area contributed by atoms with Crippen LogP contribution in [0.4, 0.5) is 5.69 Å². The van der Waals surface area contributed by atoms with Crippen molar-refractivity contribution in [3.05, 3.63) is 57.4 Å². The van der Waals surface area contributed by atoms with E-state index in [4.69, 9.17) is 22.1 Å². The fraction of sp³-hybridized carbons (Fsp3) is 0.214. The largest absolute Gasteiger partial charge is 0.448 e. The van der Waals surface area contributed by atoms with Crippen molar-refractivity contribution in [1.82, 2.24) is 4.98 Å². The standard InChI is InChI=1S/C14H14ClN3O3/c1-2-11(16)12-5-4-10(8-17-12)21-14-7-9(15)3-6-13(14)18(19)20/h3-8,11H,2,16H2,1H3. The van der Waals surface area contributed by atoms with E-state index < -0.39 is 4.92 Å². The van der Waals surface area contributed by atoms with Crippen molar-refractivity contribution < 1.29 is 9.66 Å². The van der Waals surface area contributed by atoms with Crippen LogP contribution < -0.4 is 10.5 Å². The van der Waals surface area contributed by atoms with Gasteiger partial charge in [0.1, 0.15) is 5.75 Å². The molecule has 0 bridgehead atoms. The molecule has 1 heterocycles. The smallest absolute Gasteiger partial charge is 0.311 e. The van der Waals surface area contributed by atoms with E-state index in [1.54, 1.807) is 12.1 Å². The zero-order chi connectivity index (χ0) is 15.4. The number of nitrogens with two attached hydrogens (primary N) is 1. The van der Waals surface area contributed by atoms with Gasteiger partial charge in [0, 0.05) is 23.2 Å². The molecule has 0 aliphatic rings. The van der Waals surface area contributed by atoms with Crippen LogP contribution in [0, 0.1) is 10.1 Å². The summed E-state index contributed by atoms with van der Waals surface area (Å²) in [6.07, 6.45) is 2.25. The fourth-order valence-electron chi connectivity index (χ4n) is 1.73. The van der Waals surface area contributed by atoms with Gasteiger partial charge in [0.15, 0.2) is 0 Å². The molecule has 0 aliphatic carbocycles. The van der Waals surface area contributed by atoms with E-state index in [-0.39, 0.29) is 17.5 Å². The van der Waals surface area contributed by atoms with Crippen LogP contribution in [-0.2, 0) is 0 Å². The molecule has 2 rings (SSSR count). The number of nitrogens with zero attached hydrogens (tertiary/aromatic N) is 2. The summed E-state index contributed by atoms with van der Waals surface area (Å²) in [7, 11) is 0. The maximum Gasteiger partial charge on any atom is 0.311 e. The number of aromatic nitrogens is 1. The van der Waals surface area contributed by atoms with E-state index in [9.17, 15) is 10.1 Å². The Bertz CT molecular complexity index is 646. The van der Waals surface area contributed by atoms with Gasteiger partial charge >= 0.3 is 5.69 Å². The summed E-state index contributed by atoms with van der Waals surface area (Å²) in [5.41, 5.74) is 6.45. The molecule has 0 radical (unpaired) electrons. The Kier molecular flexibility index (Phi) is 4.72. The summed E-state index contributed by atoms with van der Waals surface area (Å²) >= 11 is 5.84. The monoisotopic (exact) mass is 307 g/mol. The van der Waals surface area contributed by atoms with Crippen LogP contribution in [0.25, 0.3) is 0 Å². The van der Waals surface area contributed by atoms with Crippen molar-refractivity contribution in [3.8, 4) is 11.5 Å². The Morgan fingerprint density at radius 3 is 2.76 bits per heavy atom. The molecule has 0 saturated carbocycles. The zero-order valence-corrected chi connectivity index (χ0v) is 12.1. The Balaban J connectivity index is 2.26. The summed E-state index contributed by atoms with van der Waals surface area (Å²) in [5.74, 6) is 0.453. The number of ether oxygens (including phenoxy) is 1. The quantitative estimate of drug-likeness (QED) is 0.669. The number of nitro benzene ring substituents is 1. The molecule has 0 aliphatic heterocycles. The van der Waals surface area contributed by atoms with Crippen LogP contribution in [-0.4, -0.2) is 9.91 Å². The molecule has 21 heavy (non-hydrogen) atoms. The summed E-state index contributed by atoms with van der Waals surface area (Å²) in [4.78, 5) is 14.6. The summed E-state index contributed by atoms with van der Waals surface area (Å²) in [6.45, 7) is 1.96. The molecule has 110 valence electrons. The van der Waals surface area contributed by atoms with Crippen LogP contribution in [0.3, 0.4) is 0 Å². The lowest BCUT2D eigenvalue weighted by Crippen LogP contribution is -2.10. The van der Waals surface area contributed by atoms with Crippen LogP contribution in [0.2, 0.25) is 5.02 Å². The third-order valence-corrected chi connectivity index (χ3v) is 3.16. The maximum atomic E-state index is 11.0. The third kappa shape index (κ3) is 3.68. The number of benzene rings is 1. The Hall–Kier alpha value is -2.18. The van der Waals surface area contributed by atoms with Gasteiger partial charge in [0.05, 0.1) is 16.8 Å². The lowest BCUT2D eigenvalue weighted by atomic mass is 10.1. The number of rotatable bonds is 5. The lowest BCUT2D eigenvalue weighted by molar-refractivity contribution is -0.385. The van der Waals surface area contributed by atoms with Gasteiger partial charge in [-0.05, 0) is 24.6 Å². The first-order valence-electron chi connectivity index (χ1n) is 6.34. The SMILES string of the molecule is CCC(N)c1ccc(Oc2cc(Cl)ccc2[N+](=O)[O-])cn1. The van der Waals surface area contributed by atoms with E-state index in [1.165, 1.54) is 24.4 Å². The highest BCUT2D eigenvalue weighted by Crippen LogP contribution is 2.33. The Labute approximate surface area is 126 Å². The molecule has 0 saturated heterocycles. The zero-order valence-electron chi connectivity index (χ0n) is 11.3. The summed E-state index contributed by atoms with van der Waals surface area (Å²) < 4.78 is 5.49. The van der Waals surface area contributed by atoms with Gasteiger partial charge in [-0.15, -0.1) is 0 Å². The first-order valence-corrected chi connectivity index (χ1v) is 6.72. The van der Waals surface area contributed by atoms with Gasteiger partial charge < -0.3 is 10.5 Å². The second-order valence-corrected chi connectivity index (χ2v) is 4.84. The van der Waals surface area contributed by atoms with Gasteiger partial charge in [-0.3, -0.25) is 15.1 Å². The predicted octanol–water partition coefficient (Wildman–Crippen LogP) is 3.85. The molecule has 0 amide bonds. The molecule has 6 nitrogen and oxygen atoms in total. The van der Waals surface area contributed by atoms with Crippen LogP contribution in [0.5, 0.6) is 11.5 Å². The molecule has 2 aromatic rings. The second-order valence-electron chi connectivity index (χ2n) is 4.40. The maximum absolute atomic E-state index is 11.0. The highest BCUT2D eigenvalue weighted by atomic mass is 35.5. The molecule has 1 unspecified atom stereocenters. The normalized spacial score (nSPS) is 12.0. The molecular weight excluding hydrogens is 294 g/mol. The van der Waals surface area contributed by atoms with Crippen molar-refractivity contribution >= 4 is 17.3 Å². The lowest BCUT2D eigenvalue weighted by Gasteiger charge is -2.10. The highest BCUT2D eigenvalue weighted by Gasteiger charge is 2.16. The van der Waals surface area contributed by atoms with Gasteiger partial charge in [-0.2, -0.15) is 0 Å². The number of hydrogen-bond donors (Lipinski definition) is 1. The first-order chi connectivity index (χ1) is 10.0. The predicted molar refractivity (Wildman–Crippen MR) is 79.6 cm³/mol. The number of hydrogen-bond acceptors (Lipinski definition) is 5. The van der Waals surface area contributed by atoms with Crippen molar-refractivity contribution in [1.29, 1.82) is 0 Å². The minimum atomic E-state index is -0.527. The molecule has 7 heteroatoms. The highest BCUT2D eigenvalue weighted by molar-refractivity contribution is 6.30. The van der Waals surface area contributed by atoms with E-state index in [2.05, 4.69) is 4.98 Å². The van der Waals surface area contributed by atoms with Crippen molar-refractivity contribution in [3.63, 3.8) is 0 Å². The van der Waals surface area contributed by atoms with E-state index in [0.717, 1.165) is 12.1 Å². The number of nitro groups is 1. The summed E-state index contributed by atoms with van der Waals surface area (Å²) in [5, 5.41) is 11.3. The van der Waals surface area contributed by atoms with E-state index >= 15 is 0 Å². The molecule has 2 N–H and O–H groups in total. The van der Waals surface area contributed by atoms with Crippen molar-refractivity contribution in [2.45, 2.75) is 19.4 Å². The second kappa shape index (κ2) is 6.51. The van der Waals surface area contributed by atoms with Gasteiger partial charge in [0.2, 0.25) is 5.75 Å². The van der Waals surface area contributed by atoms with Gasteiger partial charge in [0.25, 0.3) is 0 Å². The minimum absolute atomic E-state index is 0.0711. The van der Waals surface area contributed by atoms with Gasteiger partial charge in [-0.25, -0.2) is 0 Å². The molecule has 1 atom stereocenters. The van der Waals surface area contributed by atoms with Crippen LogP contribution >= 0.6 is 11.6 Å². The molecular formula is C14H14ClN3O3. The molecule has 0 spiro atoms. The first kappa shape index (κ1) is 15.2. The van der Waals surface area contributed by atoms with Crippen molar-refractivity contribution in [2.24, 2.45) is 5.73 Å². The Morgan fingerprint density at radius 2 is 2.19 bits per heavy atom. The van der Waals surface area contributed by atoms with Crippen LogP contribution in [0.1, 0.15) is 25.1 Å². The van der Waals surface area contributed by atoms with Crippen LogP contribution in [0.15, 0.2) is 36.5 Å². The average Bonchev–Trinajstić information content (AvgIpc) is 2.47. The molecule has 1 aromatic carbocycles. The van der Waals surface area contributed by atoms with E-state index in [1.807, 2.05) is 6.92 Å². The molecule has 1 aromatic heterocycles. The fourth-order valence-corrected chi connectivity index (χ4v) is 1.89. The topological polar surface area (TPSA) is 91.3 Å². The summed E-state index contributed by atoms with van der Waals surface area (Å²) in [6, 6.07) is 7.40. The number of halogens is 1. The minimum Gasteiger partial charge on any atom is -0.448 e. The Morgan fingerprint density at radius 1 is 1.43 bits per heavy atom. The van der Waals surface area contributed by atoms with E-state index in [0.29, 0.717) is 10.8 Å². The van der Waals surface area contributed by atoms with Gasteiger partial charge in [-0.1, -0.05) is 18.5 Å².